The summed E-state index contributed by atoms with van der Waals surface area (Å²) in [6.07, 6.45) is 1.56. The molecule has 0 bridgehead atoms. The van der Waals surface area contributed by atoms with Gasteiger partial charge < -0.3 is 0 Å². The number of rotatable bonds is 1. The Morgan fingerprint density at radius 3 is 2.78 bits per heavy atom. The van der Waals surface area contributed by atoms with Crippen LogP contribution in [0.1, 0.15) is 12.6 Å². The summed E-state index contributed by atoms with van der Waals surface area (Å²) >= 11 is 5.68. The van der Waals surface area contributed by atoms with Crippen LogP contribution >= 0.6 is 11.6 Å². The van der Waals surface area contributed by atoms with Gasteiger partial charge in [-0.2, -0.15) is 5.10 Å². The van der Waals surface area contributed by atoms with Crippen LogP contribution in [0.25, 0.3) is 5.57 Å². The van der Waals surface area contributed by atoms with E-state index in [1.54, 1.807) is 6.20 Å². The third-order valence-electron chi connectivity index (χ3n) is 1.02. The Morgan fingerprint density at radius 1 is 1.89 bits per heavy atom. The molecule has 0 aliphatic rings. The number of aromatic amines is 1. The quantitative estimate of drug-likeness (QED) is 0.639. The van der Waals surface area contributed by atoms with Gasteiger partial charge in [0.05, 0.1) is 16.9 Å². The summed E-state index contributed by atoms with van der Waals surface area (Å²) in [7, 11) is 0. The monoisotopic (exact) mass is 142 g/mol. The molecule has 0 radical (unpaired) electrons. The lowest BCUT2D eigenvalue weighted by Gasteiger charge is -1.90. The van der Waals surface area contributed by atoms with Crippen molar-refractivity contribution in [2.45, 2.75) is 6.92 Å². The molecule has 1 aromatic rings. The number of aromatic nitrogens is 2. The van der Waals surface area contributed by atoms with Gasteiger partial charge in [-0.3, -0.25) is 5.10 Å². The van der Waals surface area contributed by atoms with Crippen molar-refractivity contribution in [2.75, 3.05) is 0 Å². The predicted molar refractivity (Wildman–Crippen MR) is 38.3 cm³/mol. The minimum Gasteiger partial charge on any atom is -0.277 e. The first kappa shape index (κ1) is 6.36. The zero-order valence-electron chi connectivity index (χ0n) is 5.11. The van der Waals surface area contributed by atoms with Crippen molar-refractivity contribution in [2.24, 2.45) is 0 Å². The summed E-state index contributed by atoms with van der Waals surface area (Å²) in [6.45, 7) is 5.58. The zero-order chi connectivity index (χ0) is 6.85. The van der Waals surface area contributed by atoms with Crippen molar-refractivity contribution in [1.82, 2.24) is 10.2 Å². The van der Waals surface area contributed by atoms with Crippen LogP contribution in [-0.4, -0.2) is 10.2 Å². The fraction of sp³-hybridized carbons (Fsp3) is 0.167. The first-order chi connectivity index (χ1) is 4.22. The molecular weight excluding hydrogens is 136 g/mol. The maximum atomic E-state index is 5.68. The molecule has 1 rings (SSSR count). The molecule has 9 heavy (non-hydrogen) atoms. The van der Waals surface area contributed by atoms with Gasteiger partial charge in [0, 0.05) is 0 Å². The van der Waals surface area contributed by atoms with E-state index in [2.05, 4.69) is 16.8 Å². The van der Waals surface area contributed by atoms with E-state index >= 15 is 0 Å². The van der Waals surface area contributed by atoms with E-state index in [4.69, 9.17) is 11.6 Å². The Bertz CT molecular complexity index is 227. The van der Waals surface area contributed by atoms with Crippen molar-refractivity contribution >= 4 is 17.2 Å². The number of halogens is 1. The highest BCUT2D eigenvalue weighted by atomic mass is 35.5. The average molecular weight is 143 g/mol. The lowest BCUT2D eigenvalue weighted by Crippen LogP contribution is -1.76. The summed E-state index contributed by atoms with van der Waals surface area (Å²) in [6, 6.07) is 0. The minimum atomic E-state index is 0.627. The highest BCUT2D eigenvalue weighted by molar-refractivity contribution is 6.32. The molecule has 1 aromatic heterocycles. The van der Waals surface area contributed by atoms with Crippen LogP contribution < -0.4 is 0 Å². The van der Waals surface area contributed by atoms with Gasteiger partial charge in [-0.1, -0.05) is 18.2 Å². The summed E-state index contributed by atoms with van der Waals surface area (Å²) < 4.78 is 0. The van der Waals surface area contributed by atoms with Gasteiger partial charge in [0.15, 0.2) is 0 Å². The van der Waals surface area contributed by atoms with Crippen molar-refractivity contribution in [3.63, 3.8) is 0 Å². The van der Waals surface area contributed by atoms with Gasteiger partial charge in [-0.15, -0.1) is 0 Å². The third kappa shape index (κ3) is 1.13. The molecular formula is C6H7ClN2. The van der Waals surface area contributed by atoms with Crippen LogP contribution in [0.4, 0.5) is 0 Å². The van der Waals surface area contributed by atoms with Crippen LogP contribution in [0.15, 0.2) is 12.8 Å². The number of nitrogens with zero attached hydrogens (tertiary/aromatic N) is 1. The van der Waals surface area contributed by atoms with Crippen LogP contribution in [0.2, 0.25) is 5.02 Å². The molecule has 1 heterocycles. The molecule has 0 unspecified atom stereocenters. The predicted octanol–water partition coefficient (Wildman–Crippen LogP) is 2.10. The maximum absolute atomic E-state index is 5.68. The Hall–Kier alpha value is -0.760. The molecule has 0 saturated carbocycles. The van der Waals surface area contributed by atoms with Gasteiger partial charge in [0.2, 0.25) is 0 Å². The number of nitrogens with one attached hydrogen (secondary N) is 1. The normalized spacial score (nSPS) is 9.56. The first-order valence-electron chi connectivity index (χ1n) is 2.56. The summed E-state index contributed by atoms with van der Waals surface area (Å²) in [5.41, 5.74) is 1.72. The highest BCUT2D eigenvalue weighted by Gasteiger charge is 1.99. The van der Waals surface area contributed by atoms with Gasteiger partial charge in [0.25, 0.3) is 0 Å². The van der Waals surface area contributed by atoms with E-state index in [1.807, 2.05) is 6.92 Å². The first-order valence-corrected chi connectivity index (χ1v) is 2.94. The molecule has 0 aliphatic heterocycles. The van der Waals surface area contributed by atoms with Gasteiger partial charge in [-0.05, 0) is 12.5 Å². The summed E-state index contributed by atoms with van der Waals surface area (Å²) in [4.78, 5) is 0. The van der Waals surface area contributed by atoms with E-state index in [0.29, 0.717) is 5.02 Å². The van der Waals surface area contributed by atoms with Crippen molar-refractivity contribution in [3.05, 3.63) is 23.5 Å². The molecule has 48 valence electrons. The van der Waals surface area contributed by atoms with E-state index in [9.17, 15) is 0 Å². The number of H-pyrrole nitrogens is 1. The van der Waals surface area contributed by atoms with Gasteiger partial charge in [0.1, 0.15) is 0 Å². The second kappa shape index (κ2) is 2.23. The highest BCUT2D eigenvalue weighted by Crippen LogP contribution is 2.17. The molecule has 1 N–H and O–H groups in total. The Labute approximate surface area is 58.5 Å². The molecule has 0 saturated heterocycles. The lowest BCUT2D eigenvalue weighted by molar-refractivity contribution is 1.07. The van der Waals surface area contributed by atoms with Gasteiger partial charge in [-0.25, -0.2) is 0 Å². The standard InChI is InChI=1S/C6H7ClN2/c1-4(2)6-5(7)3-8-9-6/h3H,1H2,2H3,(H,8,9). The number of hydrogen-bond acceptors (Lipinski definition) is 1. The average Bonchev–Trinajstić information content (AvgIpc) is 2.13. The molecule has 0 amide bonds. The summed E-state index contributed by atoms with van der Waals surface area (Å²) in [5.74, 6) is 0. The molecule has 2 nitrogen and oxygen atoms in total. The minimum absolute atomic E-state index is 0.627. The molecule has 0 atom stereocenters. The second-order valence-electron chi connectivity index (χ2n) is 1.87. The molecule has 0 spiro atoms. The third-order valence-corrected chi connectivity index (χ3v) is 1.31. The van der Waals surface area contributed by atoms with E-state index in [-0.39, 0.29) is 0 Å². The van der Waals surface area contributed by atoms with Crippen LogP contribution in [0.3, 0.4) is 0 Å². The smallest absolute Gasteiger partial charge is 0.0859 e. The van der Waals surface area contributed by atoms with Crippen molar-refractivity contribution < 1.29 is 0 Å². The van der Waals surface area contributed by atoms with Crippen LogP contribution in [-0.2, 0) is 0 Å². The fourth-order valence-corrected chi connectivity index (χ4v) is 0.823. The molecule has 0 aliphatic carbocycles. The van der Waals surface area contributed by atoms with E-state index < -0.39 is 0 Å². The maximum Gasteiger partial charge on any atom is 0.0859 e. The van der Waals surface area contributed by atoms with Crippen molar-refractivity contribution in [3.8, 4) is 0 Å². The van der Waals surface area contributed by atoms with Crippen molar-refractivity contribution in [1.29, 1.82) is 0 Å². The zero-order valence-corrected chi connectivity index (χ0v) is 5.87. The number of allylic oxidation sites excluding steroid dienone is 1. The molecule has 0 aromatic carbocycles. The lowest BCUT2D eigenvalue weighted by atomic mass is 10.2. The van der Waals surface area contributed by atoms with Crippen LogP contribution in [0.5, 0.6) is 0 Å². The van der Waals surface area contributed by atoms with E-state index in [1.165, 1.54) is 0 Å². The Kier molecular flexibility index (Phi) is 1.58. The topological polar surface area (TPSA) is 28.7 Å². The SMILES string of the molecule is C=C(C)c1[nH]ncc1Cl. The fourth-order valence-electron chi connectivity index (χ4n) is 0.571. The van der Waals surface area contributed by atoms with Crippen LogP contribution in [0, 0.1) is 0 Å². The molecule has 0 fully saturated rings. The van der Waals surface area contributed by atoms with Gasteiger partial charge >= 0.3 is 0 Å². The second-order valence-corrected chi connectivity index (χ2v) is 2.28. The summed E-state index contributed by atoms with van der Waals surface area (Å²) in [5, 5.41) is 7.08. The number of hydrogen-bond donors (Lipinski definition) is 1. The largest absolute Gasteiger partial charge is 0.277 e. The molecule has 3 heteroatoms. The Morgan fingerprint density at radius 2 is 2.56 bits per heavy atom. The van der Waals surface area contributed by atoms with E-state index in [0.717, 1.165) is 11.3 Å². The Balaban J connectivity index is 3.08.